The Morgan fingerprint density at radius 3 is 3.15 bits per heavy atom. The van der Waals surface area contributed by atoms with Crippen LogP contribution in [0, 0.1) is 0 Å². The number of anilines is 1. The Bertz CT molecular complexity index is 370. The predicted molar refractivity (Wildman–Crippen MR) is 55.3 cm³/mol. The van der Waals surface area contributed by atoms with E-state index in [0.29, 0.717) is 0 Å². The van der Waals surface area contributed by atoms with Crippen molar-refractivity contribution in [3.63, 3.8) is 0 Å². The SMILES string of the molecule is C1=Cc2cccc3c2N(C1)CN=C3. The first-order valence-electron chi connectivity index (χ1n) is 4.49. The molecular weight excluding hydrogens is 160 g/mol. The Morgan fingerprint density at radius 1 is 1.23 bits per heavy atom. The van der Waals surface area contributed by atoms with Gasteiger partial charge in [0.2, 0.25) is 0 Å². The molecule has 2 aliphatic rings. The van der Waals surface area contributed by atoms with Gasteiger partial charge >= 0.3 is 0 Å². The summed E-state index contributed by atoms with van der Waals surface area (Å²) in [7, 11) is 0. The molecule has 0 saturated heterocycles. The van der Waals surface area contributed by atoms with Crippen molar-refractivity contribution >= 4 is 18.0 Å². The number of aliphatic imine (C=N–C) groups is 1. The van der Waals surface area contributed by atoms with Crippen molar-refractivity contribution in [2.24, 2.45) is 4.99 Å². The van der Waals surface area contributed by atoms with E-state index >= 15 is 0 Å². The van der Waals surface area contributed by atoms with Gasteiger partial charge in [-0.1, -0.05) is 30.4 Å². The Balaban J connectivity index is 2.31. The van der Waals surface area contributed by atoms with Crippen LogP contribution in [0.3, 0.4) is 0 Å². The maximum Gasteiger partial charge on any atom is 0.110 e. The first-order chi connectivity index (χ1) is 6.45. The van der Waals surface area contributed by atoms with Crippen molar-refractivity contribution in [2.75, 3.05) is 18.1 Å². The van der Waals surface area contributed by atoms with E-state index in [9.17, 15) is 0 Å². The largest absolute Gasteiger partial charge is 0.347 e. The minimum atomic E-state index is 0.800. The minimum Gasteiger partial charge on any atom is -0.347 e. The Kier molecular flexibility index (Phi) is 1.30. The molecule has 0 radical (unpaired) electrons. The molecule has 1 aromatic rings. The van der Waals surface area contributed by atoms with Gasteiger partial charge in [-0.25, -0.2) is 0 Å². The van der Waals surface area contributed by atoms with Crippen LogP contribution in [0.5, 0.6) is 0 Å². The van der Waals surface area contributed by atoms with Gasteiger partial charge in [0, 0.05) is 18.3 Å². The van der Waals surface area contributed by atoms with Crippen molar-refractivity contribution < 1.29 is 0 Å². The van der Waals surface area contributed by atoms with Crippen LogP contribution in [-0.2, 0) is 0 Å². The first kappa shape index (κ1) is 6.89. The minimum absolute atomic E-state index is 0.800. The lowest BCUT2D eigenvalue weighted by atomic mass is 10.0. The number of nitrogens with zero attached hydrogens (tertiary/aromatic N) is 2. The lowest BCUT2D eigenvalue weighted by Crippen LogP contribution is -2.29. The van der Waals surface area contributed by atoms with Gasteiger partial charge in [-0.3, -0.25) is 4.99 Å². The molecule has 2 nitrogen and oxygen atoms in total. The van der Waals surface area contributed by atoms with Crippen LogP contribution in [0.1, 0.15) is 11.1 Å². The molecule has 0 saturated carbocycles. The van der Waals surface area contributed by atoms with Gasteiger partial charge < -0.3 is 4.90 Å². The lowest BCUT2D eigenvalue weighted by molar-refractivity contribution is 0.864. The second-order valence-corrected chi connectivity index (χ2v) is 3.36. The fraction of sp³-hybridized carbons (Fsp3) is 0.182. The Morgan fingerprint density at radius 2 is 2.15 bits per heavy atom. The van der Waals surface area contributed by atoms with Gasteiger partial charge in [0.15, 0.2) is 0 Å². The van der Waals surface area contributed by atoms with E-state index in [0.717, 1.165) is 13.2 Å². The topological polar surface area (TPSA) is 15.6 Å². The van der Waals surface area contributed by atoms with Crippen LogP contribution >= 0.6 is 0 Å². The fourth-order valence-corrected chi connectivity index (χ4v) is 1.95. The van der Waals surface area contributed by atoms with Crippen LogP contribution < -0.4 is 4.90 Å². The number of rotatable bonds is 0. The molecule has 0 spiro atoms. The van der Waals surface area contributed by atoms with Gasteiger partial charge in [0.25, 0.3) is 0 Å². The third-order valence-electron chi connectivity index (χ3n) is 2.52. The summed E-state index contributed by atoms with van der Waals surface area (Å²) in [4.78, 5) is 6.61. The highest BCUT2D eigenvalue weighted by Gasteiger charge is 2.17. The van der Waals surface area contributed by atoms with Crippen molar-refractivity contribution in [3.8, 4) is 0 Å². The molecule has 0 aliphatic carbocycles. The summed E-state index contributed by atoms with van der Waals surface area (Å²) in [5.74, 6) is 0. The monoisotopic (exact) mass is 170 g/mol. The van der Waals surface area contributed by atoms with Crippen LogP contribution in [0.2, 0.25) is 0 Å². The molecule has 64 valence electrons. The van der Waals surface area contributed by atoms with E-state index in [1.807, 2.05) is 6.21 Å². The molecule has 2 heteroatoms. The Labute approximate surface area is 77.2 Å². The standard InChI is InChI=1S/C11H10N2/c1-3-9-5-2-6-13-8-12-7-10(4-1)11(9)13/h1-5,7H,6,8H2. The molecule has 0 aromatic heterocycles. The quantitative estimate of drug-likeness (QED) is 0.580. The average molecular weight is 170 g/mol. The van der Waals surface area contributed by atoms with Crippen molar-refractivity contribution in [2.45, 2.75) is 0 Å². The molecule has 0 amide bonds. The summed E-state index contributed by atoms with van der Waals surface area (Å²) < 4.78 is 0. The predicted octanol–water partition coefficient (Wildman–Crippen LogP) is 1.91. The summed E-state index contributed by atoms with van der Waals surface area (Å²) in [5, 5.41) is 0. The zero-order valence-electron chi connectivity index (χ0n) is 7.27. The third kappa shape index (κ3) is 0.917. The van der Waals surface area contributed by atoms with E-state index in [1.54, 1.807) is 0 Å². The number of benzene rings is 1. The van der Waals surface area contributed by atoms with E-state index in [-0.39, 0.29) is 0 Å². The van der Waals surface area contributed by atoms with Crippen molar-refractivity contribution in [1.29, 1.82) is 0 Å². The fourth-order valence-electron chi connectivity index (χ4n) is 1.95. The van der Waals surface area contributed by atoms with Gasteiger partial charge in [-0.15, -0.1) is 0 Å². The van der Waals surface area contributed by atoms with Gasteiger partial charge in [0.05, 0.1) is 5.69 Å². The molecule has 0 bridgehead atoms. The van der Waals surface area contributed by atoms with E-state index in [1.165, 1.54) is 16.8 Å². The molecule has 13 heavy (non-hydrogen) atoms. The zero-order chi connectivity index (χ0) is 8.67. The highest BCUT2D eigenvalue weighted by Crippen LogP contribution is 2.30. The molecule has 0 atom stereocenters. The van der Waals surface area contributed by atoms with Gasteiger partial charge in [-0.2, -0.15) is 0 Å². The third-order valence-corrected chi connectivity index (χ3v) is 2.52. The smallest absolute Gasteiger partial charge is 0.110 e. The molecule has 0 N–H and O–H groups in total. The molecular formula is C11H10N2. The van der Waals surface area contributed by atoms with Crippen LogP contribution in [-0.4, -0.2) is 19.4 Å². The Hall–Kier alpha value is -1.57. The van der Waals surface area contributed by atoms with E-state index in [4.69, 9.17) is 0 Å². The van der Waals surface area contributed by atoms with Gasteiger partial charge in [-0.05, 0) is 5.56 Å². The van der Waals surface area contributed by atoms with Crippen LogP contribution in [0.4, 0.5) is 5.69 Å². The summed E-state index contributed by atoms with van der Waals surface area (Å²) in [6.45, 7) is 1.79. The normalized spacial score (nSPS) is 17.4. The summed E-state index contributed by atoms with van der Waals surface area (Å²) >= 11 is 0. The molecule has 0 unspecified atom stereocenters. The van der Waals surface area contributed by atoms with Crippen molar-refractivity contribution in [3.05, 3.63) is 35.4 Å². The molecule has 2 heterocycles. The van der Waals surface area contributed by atoms with Crippen molar-refractivity contribution in [1.82, 2.24) is 0 Å². The van der Waals surface area contributed by atoms with Gasteiger partial charge in [0.1, 0.15) is 6.67 Å². The molecule has 1 aromatic carbocycles. The first-order valence-corrected chi connectivity index (χ1v) is 4.49. The number of para-hydroxylation sites is 1. The number of hydrogen-bond donors (Lipinski definition) is 0. The van der Waals surface area contributed by atoms with E-state index < -0.39 is 0 Å². The summed E-state index contributed by atoms with van der Waals surface area (Å²) in [6.07, 6.45) is 6.34. The highest BCUT2D eigenvalue weighted by molar-refractivity contribution is 5.94. The zero-order valence-corrected chi connectivity index (χ0v) is 7.27. The molecule has 0 fully saturated rings. The second kappa shape index (κ2) is 2.46. The number of hydrogen-bond acceptors (Lipinski definition) is 2. The van der Waals surface area contributed by atoms with E-state index in [2.05, 4.69) is 40.2 Å². The van der Waals surface area contributed by atoms with Crippen LogP contribution in [0.15, 0.2) is 29.3 Å². The lowest BCUT2D eigenvalue weighted by Gasteiger charge is -2.30. The summed E-state index contributed by atoms with van der Waals surface area (Å²) in [5.41, 5.74) is 3.91. The maximum absolute atomic E-state index is 4.31. The average Bonchev–Trinajstić information content (AvgIpc) is 2.19. The van der Waals surface area contributed by atoms with Crippen LogP contribution in [0.25, 0.3) is 6.08 Å². The highest BCUT2D eigenvalue weighted by atomic mass is 15.2. The maximum atomic E-state index is 4.31. The molecule has 2 aliphatic heterocycles. The second-order valence-electron chi connectivity index (χ2n) is 3.36. The molecule has 3 rings (SSSR count). The summed E-state index contributed by atoms with van der Waals surface area (Å²) in [6, 6.07) is 6.35.